The standard InChI is InChI=1S/C49H55ClN12O6/c1-48(2)46(49(3,4)47(48)68-35-8-5-30(23-51)37(50)22-35)56-43(65)31-6-9-38(53-24-31)32-25-54-61(28-32)34-15-17-59(18-16-34)27-29-13-19-60(20-14-29)42(64)26-52-33-7-10-39-36(21-33)45(67)62(58-57-39)40-11-12-41(63)55-44(40)66/h5-10,21-22,24-25,28-29,34,40,46-47,52H,11-20,26-27H2,1-4H3,(H,56,65)(H,55,63,66). The fraction of sp³-hybridized carbons (Fsp3) is 0.469. The number of nitriles is 1. The summed E-state index contributed by atoms with van der Waals surface area (Å²) in [6, 6.07) is 15.0. The molecule has 68 heavy (non-hydrogen) atoms. The molecule has 3 aromatic heterocycles. The Morgan fingerprint density at radius 2 is 1.71 bits per heavy atom. The second-order valence-electron chi connectivity index (χ2n) is 19.7. The number of nitrogens with one attached hydrogen (secondary N) is 3. The number of anilines is 1. The van der Waals surface area contributed by atoms with Crippen LogP contribution in [0.5, 0.6) is 5.75 Å². The number of likely N-dealkylation sites (tertiary alicyclic amines) is 2. The van der Waals surface area contributed by atoms with E-state index in [9.17, 15) is 29.2 Å². The van der Waals surface area contributed by atoms with Crippen LogP contribution in [0.1, 0.15) is 94.2 Å². The van der Waals surface area contributed by atoms with Crippen molar-refractivity contribution in [2.75, 3.05) is 44.6 Å². The number of carbonyl (C=O) groups is 4. The minimum Gasteiger partial charge on any atom is -0.489 e. The Kier molecular flexibility index (Phi) is 12.8. The number of imide groups is 1. The predicted octanol–water partition coefficient (Wildman–Crippen LogP) is 5.15. The molecule has 354 valence electrons. The van der Waals surface area contributed by atoms with Gasteiger partial charge in [-0.2, -0.15) is 15.0 Å². The fourth-order valence-electron chi connectivity index (χ4n) is 10.8. The molecule has 6 heterocycles. The van der Waals surface area contributed by atoms with Gasteiger partial charge in [-0.1, -0.05) is 44.5 Å². The average molecular weight is 944 g/mol. The summed E-state index contributed by atoms with van der Waals surface area (Å²) < 4.78 is 9.44. The molecule has 3 aliphatic heterocycles. The van der Waals surface area contributed by atoms with Crippen molar-refractivity contribution in [3.63, 3.8) is 0 Å². The molecule has 3 N–H and O–H groups in total. The zero-order chi connectivity index (χ0) is 47.9. The van der Waals surface area contributed by atoms with Gasteiger partial charge in [0.05, 0.1) is 46.0 Å². The number of halogens is 1. The lowest BCUT2D eigenvalue weighted by atomic mass is 9.49. The topological polar surface area (TPSA) is 222 Å². The van der Waals surface area contributed by atoms with Crippen molar-refractivity contribution in [2.24, 2.45) is 16.7 Å². The molecule has 4 aliphatic rings. The van der Waals surface area contributed by atoms with Crippen LogP contribution in [0.2, 0.25) is 5.02 Å². The highest BCUT2D eigenvalue weighted by atomic mass is 35.5. The van der Waals surface area contributed by atoms with Crippen LogP contribution >= 0.6 is 11.6 Å². The third-order valence-corrected chi connectivity index (χ3v) is 14.7. The smallest absolute Gasteiger partial charge is 0.278 e. The summed E-state index contributed by atoms with van der Waals surface area (Å²) >= 11 is 6.26. The fourth-order valence-corrected chi connectivity index (χ4v) is 11.1. The molecule has 4 amide bonds. The van der Waals surface area contributed by atoms with E-state index in [1.807, 2.05) is 28.0 Å². The Bertz CT molecular complexity index is 2840. The quantitative estimate of drug-likeness (QED) is 0.138. The van der Waals surface area contributed by atoms with Crippen molar-refractivity contribution in [3.05, 3.63) is 93.6 Å². The number of benzene rings is 2. The number of amides is 4. The van der Waals surface area contributed by atoms with Crippen LogP contribution in [0.15, 0.2) is 71.9 Å². The van der Waals surface area contributed by atoms with Gasteiger partial charge >= 0.3 is 0 Å². The molecule has 1 aliphatic carbocycles. The van der Waals surface area contributed by atoms with Crippen molar-refractivity contribution in [1.82, 2.24) is 50.2 Å². The van der Waals surface area contributed by atoms with Crippen molar-refractivity contribution in [3.8, 4) is 23.1 Å². The second-order valence-corrected chi connectivity index (χ2v) is 20.1. The molecule has 1 atom stereocenters. The SMILES string of the molecule is CC1(C)C(NC(=O)c2ccc(-c3cnn(C4CCN(CC5CCN(C(=O)CNc6ccc7nnn(C8CCC(=O)NC8=O)c(=O)c7c6)CC5)CC4)c3)nc2)C(C)(C)C1Oc1ccc(C#N)c(Cl)c1. The maximum atomic E-state index is 13.5. The van der Waals surface area contributed by atoms with E-state index in [4.69, 9.17) is 21.4 Å². The van der Waals surface area contributed by atoms with Crippen molar-refractivity contribution in [2.45, 2.75) is 90.4 Å². The molecule has 19 heteroatoms. The van der Waals surface area contributed by atoms with Gasteiger partial charge in [-0.25, -0.2) is 0 Å². The Labute approximate surface area is 398 Å². The van der Waals surface area contributed by atoms with E-state index in [-0.39, 0.29) is 71.5 Å². The van der Waals surface area contributed by atoms with E-state index >= 15 is 0 Å². The lowest BCUT2D eigenvalue weighted by molar-refractivity contribution is -0.164. The number of fused-ring (bicyclic) bond motifs is 1. The summed E-state index contributed by atoms with van der Waals surface area (Å²) in [5.74, 6) is -0.0952. The molecular formula is C49H55ClN12O6. The third kappa shape index (κ3) is 9.29. The minimum atomic E-state index is -0.914. The van der Waals surface area contributed by atoms with E-state index in [0.717, 1.165) is 61.3 Å². The van der Waals surface area contributed by atoms with Gasteiger partial charge in [0.1, 0.15) is 29.5 Å². The monoisotopic (exact) mass is 942 g/mol. The normalized spacial score (nSPS) is 21.9. The molecule has 2 aromatic carbocycles. The minimum absolute atomic E-state index is 0.0137. The summed E-state index contributed by atoms with van der Waals surface area (Å²) in [5, 5.41) is 31.2. The summed E-state index contributed by atoms with van der Waals surface area (Å²) in [6.07, 6.45) is 9.37. The number of aromatic nitrogens is 6. The Morgan fingerprint density at radius 1 is 0.941 bits per heavy atom. The number of piperidine rings is 3. The van der Waals surface area contributed by atoms with Gasteiger partial charge < -0.3 is 25.2 Å². The molecule has 0 spiro atoms. The largest absolute Gasteiger partial charge is 0.489 e. The number of carbonyl (C=O) groups excluding carboxylic acids is 4. The van der Waals surface area contributed by atoms with Gasteiger partial charge in [0.25, 0.3) is 17.4 Å². The number of rotatable bonds is 12. The molecule has 0 bridgehead atoms. The Hall–Kier alpha value is -6.71. The van der Waals surface area contributed by atoms with Crippen LogP contribution < -0.4 is 26.2 Å². The average Bonchev–Trinajstić information content (AvgIpc) is 3.83. The van der Waals surface area contributed by atoms with Crippen LogP contribution in [0, 0.1) is 28.1 Å². The molecule has 1 unspecified atom stereocenters. The first kappa shape index (κ1) is 46.4. The molecule has 3 saturated heterocycles. The molecule has 18 nitrogen and oxygen atoms in total. The van der Waals surface area contributed by atoms with E-state index in [2.05, 4.69) is 69.9 Å². The summed E-state index contributed by atoms with van der Waals surface area (Å²) in [5.41, 5.74) is 2.17. The summed E-state index contributed by atoms with van der Waals surface area (Å²) in [6.45, 7) is 12.7. The van der Waals surface area contributed by atoms with Crippen LogP contribution in [-0.2, 0) is 14.4 Å². The third-order valence-electron chi connectivity index (χ3n) is 14.4. The Morgan fingerprint density at radius 3 is 2.40 bits per heavy atom. The van der Waals surface area contributed by atoms with Crippen molar-refractivity contribution < 1.29 is 23.9 Å². The van der Waals surface area contributed by atoms with E-state index in [1.165, 1.54) is 0 Å². The van der Waals surface area contributed by atoms with Crippen LogP contribution in [0.3, 0.4) is 0 Å². The highest BCUT2D eigenvalue weighted by Gasteiger charge is 2.64. The maximum absolute atomic E-state index is 13.5. The Balaban J connectivity index is 0.706. The number of ether oxygens (including phenoxy) is 1. The zero-order valence-corrected chi connectivity index (χ0v) is 39.3. The first-order valence-corrected chi connectivity index (χ1v) is 23.6. The highest BCUT2D eigenvalue weighted by Crippen LogP contribution is 2.55. The number of hydrogen-bond donors (Lipinski definition) is 3. The van der Waals surface area contributed by atoms with Gasteiger partial charge in [0, 0.05) is 85.7 Å². The first-order valence-electron chi connectivity index (χ1n) is 23.2. The second kappa shape index (κ2) is 18.8. The van der Waals surface area contributed by atoms with Gasteiger partial charge in [-0.05, 0) is 80.5 Å². The molecule has 0 radical (unpaired) electrons. The molecule has 1 saturated carbocycles. The van der Waals surface area contributed by atoms with Crippen LogP contribution in [0.4, 0.5) is 5.69 Å². The van der Waals surface area contributed by atoms with Gasteiger partial charge in [0.2, 0.25) is 11.8 Å². The van der Waals surface area contributed by atoms with Crippen molar-refractivity contribution >= 4 is 51.8 Å². The molecular weight excluding hydrogens is 888 g/mol. The lowest BCUT2D eigenvalue weighted by Crippen LogP contribution is -2.74. The first-order chi connectivity index (χ1) is 32.6. The van der Waals surface area contributed by atoms with Gasteiger partial charge in [-0.3, -0.25) is 39.0 Å². The zero-order valence-electron chi connectivity index (χ0n) is 38.6. The predicted molar refractivity (Wildman–Crippen MR) is 253 cm³/mol. The lowest BCUT2D eigenvalue weighted by Gasteiger charge is -2.63. The molecule has 9 rings (SSSR count). The van der Waals surface area contributed by atoms with Gasteiger partial charge in [0.15, 0.2) is 0 Å². The molecule has 5 aromatic rings. The van der Waals surface area contributed by atoms with E-state index in [0.29, 0.717) is 52.1 Å². The number of hydrogen-bond acceptors (Lipinski definition) is 13. The van der Waals surface area contributed by atoms with Crippen LogP contribution in [0.25, 0.3) is 22.2 Å². The van der Waals surface area contributed by atoms with Gasteiger partial charge in [-0.15, -0.1) is 5.10 Å². The summed E-state index contributed by atoms with van der Waals surface area (Å²) in [7, 11) is 0. The van der Waals surface area contributed by atoms with Crippen LogP contribution in [-0.4, -0.2) is 115 Å². The van der Waals surface area contributed by atoms with Crippen molar-refractivity contribution in [1.29, 1.82) is 5.26 Å². The number of nitrogens with zero attached hydrogens (tertiary/aromatic N) is 9. The number of pyridine rings is 1. The summed E-state index contributed by atoms with van der Waals surface area (Å²) in [4.78, 5) is 73.1. The van der Waals surface area contributed by atoms with E-state index < -0.39 is 17.5 Å². The maximum Gasteiger partial charge on any atom is 0.278 e. The van der Waals surface area contributed by atoms with E-state index in [1.54, 1.807) is 48.7 Å². The highest BCUT2D eigenvalue weighted by molar-refractivity contribution is 6.31. The molecule has 4 fully saturated rings.